The van der Waals surface area contributed by atoms with E-state index in [-0.39, 0.29) is 23.4 Å². The highest BCUT2D eigenvalue weighted by atomic mass is 35.5. The normalized spacial score (nSPS) is 14.6. The van der Waals surface area contributed by atoms with Crippen molar-refractivity contribution in [3.05, 3.63) is 64.9 Å². The zero-order valence-electron chi connectivity index (χ0n) is 13.5. The number of hydrogen-bond donors (Lipinski definition) is 2. The quantitative estimate of drug-likeness (QED) is 0.824. The number of carbonyl (C=O) groups is 2. The molecule has 1 saturated carbocycles. The maximum absolute atomic E-state index is 13.1. The minimum Gasteiger partial charge on any atom is -0.346 e. The number of benzene rings is 2. The van der Waals surface area contributed by atoms with Crippen LogP contribution in [0.2, 0.25) is 5.02 Å². The highest BCUT2D eigenvalue weighted by Crippen LogP contribution is 2.42. The second-order valence-corrected chi connectivity index (χ2v) is 6.53. The van der Waals surface area contributed by atoms with Crippen molar-refractivity contribution >= 4 is 29.1 Å². The number of amides is 2. The van der Waals surface area contributed by atoms with Gasteiger partial charge in [0.15, 0.2) is 0 Å². The Labute approximate surface area is 150 Å². The SMILES string of the molecule is O=C(CNC(=O)C(c1ccccc1)C1CC1)Nc1ccc(F)c(Cl)c1. The second-order valence-electron chi connectivity index (χ2n) is 6.12. The van der Waals surface area contributed by atoms with Crippen molar-refractivity contribution in [1.29, 1.82) is 0 Å². The Morgan fingerprint density at radius 1 is 1.16 bits per heavy atom. The van der Waals surface area contributed by atoms with E-state index in [9.17, 15) is 14.0 Å². The molecule has 1 fully saturated rings. The van der Waals surface area contributed by atoms with Crippen molar-refractivity contribution in [3.8, 4) is 0 Å². The van der Waals surface area contributed by atoms with Gasteiger partial charge in [0, 0.05) is 5.69 Å². The molecule has 0 saturated heterocycles. The van der Waals surface area contributed by atoms with Crippen LogP contribution in [0.5, 0.6) is 0 Å². The van der Waals surface area contributed by atoms with Crippen LogP contribution < -0.4 is 10.6 Å². The first-order valence-corrected chi connectivity index (χ1v) is 8.50. The summed E-state index contributed by atoms with van der Waals surface area (Å²) in [7, 11) is 0. The summed E-state index contributed by atoms with van der Waals surface area (Å²) in [5.74, 6) is -0.988. The van der Waals surface area contributed by atoms with E-state index < -0.39 is 11.7 Å². The molecular weight excluding hydrogens is 343 g/mol. The van der Waals surface area contributed by atoms with Gasteiger partial charge in [0.2, 0.25) is 11.8 Å². The molecule has 3 rings (SSSR count). The summed E-state index contributed by atoms with van der Waals surface area (Å²) in [5.41, 5.74) is 1.35. The van der Waals surface area contributed by atoms with Gasteiger partial charge in [-0.2, -0.15) is 0 Å². The fraction of sp³-hybridized carbons (Fsp3) is 0.263. The lowest BCUT2D eigenvalue weighted by molar-refractivity contribution is -0.125. The predicted octanol–water partition coefficient (Wildman–Crippen LogP) is 3.73. The zero-order chi connectivity index (χ0) is 17.8. The van der Waals surface area contributed by atoms with Crippen LogP contribution >= 0.6 is 11.6 Å². The summed E-state index contributed by atoms with van der Waals surface area (Å²) in [6.45, 7) is -0.149. The molecule has 0 bridgehead atoms. The van der Waals surface area contributed by atoms with Crippen molar-refractivity contribution in [2.45, 2.75) is 18.8 Å². The molecule has 2 amide bonds. The lowest BCUT2D eigenvalue weighted by atomic mass is 9.93. The third kappa shape index (κ3) is 4.57. The maximum Gasteiger partial charge on any atom is 0.243 e. The Balaban J connectivity index is 1.57. The fourth-order valence-corrected chi connectivity index (χ4v) is 2.96. The number of halogens is 2. The molecule has 25 heavy (non-hydrogen) atoms. The van der Waals surface area contributed by atoms with Gasteiger partial charge in [-0.1, -0.05) is 41.9 Å². The smallest absolute Gasteiger partial charge is 0.243 e. The average Bonchev–Trinajstić information content (AvgIpc) is 3.42. The zero-order valence-corrected chi connectivity index (χ0v) is 14.2. The molecule has 0 heterocycles. The van der Waals surface area contributed by atoms with Crippen molar-refractivity contribution in [2.24, 2.45) is 5.92 Å². The highest BCUT2D eigenvalue weighted by Gasteiger charge is 2.37. The van der Waals surface area contributed by atoms with E-state index in [4.69, 9.17) is 11.6 Å². The Bertz CT molecular complexity index is 778. The molecule has 2 aromatic carbocycles. The van der Waals surface area contributed by atoms with E-state index in [1.807, 2.05) is 30.3 Å². The van der Waals surface area contributed by atoms with Crippen LogP contribution in [0.3, 0.4) is 0 Å². The summed E-state index contributed by atoms with van der Waals surface area (Å²) in [6.07, 6.45) is 2.04. The average molecular weight is 361 g/mol. The number of anilines is 1. The van der Waals surface area contributed by atoms with Crippen LogP contribution in [-0.4, -0.2) is 18.4 Å². The number of hydrogen-bond acceptors (Lipinski definition) is 2. The third-order valence-corrected chi connectivity index (χ3v) is 4.45. The maximum atomic E-state index is 13.1. The monoisotopic (exact) mass is 360 g/mol. The molecule has 0 radical (unpaired) electrons. The van der Waals surface area contributed by atoms with E-state index in [0.29, 0.717) is 11.6 Å². The van der Waals surface area contributed by atoms with Crippen molar-refractivity contribution < 1.29 is 14.0 Å². The van der Waals surface area contributed by atoms with Crippen LogP contribution in [0.15, 0.2) is 48.5 Å². The standard InChI is InChI=1S/C19H18ClFN2O2/c20-15-10-14(8-9-16(15)21)23-17(24)11-22-19(25)18(13-6-7-13)12-4-2-1-3-5-12/h1-5,8-10,13,18H,6-7,11H2,(H,22,25)(H,23,24). The summed E-state index contributed by atoms with van der Waals surface area (Å²) >= 11 is 5.68. The van der Waals surface area contributed by atoms with E-state index in [1.54, 1.807) is 0 Å². The van der Waals surface area contributed by atoms with E-state index >= 15 is 0 Å². The van der Waals surface area contributed by atoms with Gasteiger partial charge in [-0.15, -0.1) is 0 Å². The second kappa shape index (κ2) is 7.66. The minimum absolute atomic E-state index is 0.0697. The Morgan fingerprint density at radius 3 is 2.52 bits per heavy atom. The first-order valence-electron chi connectivity index (χ1n) is 8.12. The molecule has 1 unspecified atom stereocenters. The molecular formula is C19H18ClFN2O2. The van der Waals surface area contributed by atoms with Crippen LogP contribution in [0.1, 0.15) is 24.3 Å². The Morgan fingerprint density at radius 2 is 1.88 bits per heavy atom. The van der Waals surface area contributed by atoms with E-state index in [1.165, 1.54) is 18.2 Å². The number of rotatable bonds is 6. The summed E-state index contributed by atoms with van der Waals surface area (Å²) in [5, 5.41) is 5.20. The Hall–Kier alpha value is -2.40. The molecule has 0 spiro atoms. The molecule has 0 aliphatic heterocycles. The molecule has 2 N–H and O–H groups in total. The van der Waals surface area contributed by atoms with Gasteiger partial charge in [0.25, 0.3) is 0 Å². The van der Waals surface area contributed by atoms with Crippen molar-refractivity contribution in [1.82, 2.24) is 5.32 Å². The minimum atomic E-state index is -0.553. The molecule has 1 aliphatic carbocycles. The number of carbonyl (C=O) groups excluding carboxylic acids is 2. The van der Waals surface area contributed by atoms with Crippen molar-refractivity contribution in [3.63, 3.8) is 0 Å². The third-order valence-electron chi connectivity index (χ3n) is 4.16. The summed E-state index contributed by atoms with van der Waals surface area (Å²) in [6, 6.07) is 13.5. The van der Waals surface area contributed by atoms with Crippen LogP contribution in [0.4, 0.5) is 10.1 Å². The van der Waals surface area contributed by atoms with Gasteiger partial charge in [-0.05, 0) is 42.5 Å². The molecule has 1 aliphatic rings. The number of nitrogens with one attached hydrogen (secondary N) is 2. The first-order chi connectivity index (χ1) is 12.0. The van der Waals surface area contributed by atoms with E-state index in [2.05, 4.69) is 10.6 Å². The van der Waals surface area contributed by atoms with Gasteiger partial charge in [0.1, 0.15) is 5.82 Å². The summed E-state index contributed by atoms with van der Waals surface area (Å²) in [4.78, 5) is 24.5. The van der Waals surface area contributed by atoms with Gasteiger partial charge in [-0.3, -0.25) is 9.59 Å². The van der Waals surface area contributed by atoms with Crippen LogP contribution in [0, 0.1) is 11.7 Å². The van der Waals surface area contributed by atoms with Crippen molar-refractivity contribution in [2.75, 3.05) is 11.9 Å². The lowest BCUT2D eigenvalue weighted by Gasteiger charge is -2.16. The Kier molecular flexibility index (Phi) is 5.34. The molecule has 0 aromatic heterocycles. The predicted molar refractivity (Wildman–Crippen MR) is 95.0 cm³/mol. The molecule has 1 atom stereocenters. The molecule has 4 nitrogen and oxygen atoms in total. The first kappa shape index (κ1) is 17.4. The largest absolute Gasteiger partial charge is 0.346 e. The lowest BCUT2D eigenvalue weighted by Crippen LogP contribution is -2.36. The van der Waals surface area contributed by atoms with Crippen LogP contribution in [-0.2, 0) is 9.59 Å². The van der Waals surface area contributed by atoms with Gasteiger partial charge in [0.05, 0.1) is 17.5 Å². The summed E-state index contributed by atoms with van der Waals surface area (Å²) < 4.78 is 13.1. The molecule has 2 aromatic rings. The van der Waals surface area contributed by atoms with Crippen LogP contribution in [0.25, 0.3) is 0 Å². The molecule has 6 heteroatoms. The topological polar surface area (TPSA) is 58.2 Å². The highest BCUT2D eigenvalue weighted by molar-refractivity contribution is 6.31. The van der Waals surface area contributed by atoms with Gasteiger partial charge < -0.3 is 10.6 Å². The van der Waals surface area contributed by atoms with E-state index in [0.717, 1.165) is 18.4 Å². The van der Waals surface area contributed by atoms with Gasteiger partial charge in [-0.25, -0.2) is 4.39 Å². The van der Waals surface area contributed by atoms with Gasteiger partial charge >= 0.3 is 0 Å². The molecule has 130 valence electrons. The fourth-order valence-electron chi connectivity index (χ4n) is 2.78.